The highest BCUT2D eigenvalue weighted by molar-refractivity contribution is 6.31. The molecule has 0 aliphatic heterocycles. The van der Waals surface area contributed by atoms with Crippen LogP contribution >= 0.6 is 11.6 Å². The molecule has 2 N–H and O–H groups in total. The van der Waals surface area contributed by atoms with Gasteiger partial charge in [-0.15, -0.1) is 0 Å². The van der Waals surface area contributed by atoms with Crippen LogP contribution in [0, 0.1) is 11.8 Å². The number of halogens is 1. The molecule has 0 heterocycles. The first-order valence-electron chi connectivity index (χ1n) is 6.42. The molecule has 106 valence electrons. The average Bonchev–Trinajstić information content (AvgIpc) is 2.48. The molecule has 2 aromatic carbocycles. The lowest BCUT2D eigenvalue weighted by Gasteiger charge is -2.07. The molecule has 0 aliphatic rings. The highest BCUT2D eigenvalue weighted by Crippen LogP contribution is 2.16. The lowest BCUT2D eigenvalue weighted by molar-refractivity contribution is -0.115. The van der Waals surface area contributed by atoms with Crippen molar-refractivity contribution < 1.29 is 9.90 Å². The minimum absolute atomic E-state index is 0.143. The summed E-state index contributed by atoms with van der Waals surface area (Å²) >= 11 is 6.03. The molecule has 2 aromatic rings. The van der Waals surface area contributed by atoms with Gasteiger partial charge in [0.1, 0.15) is 6.61 Å². The van der Waals surface area contributed by atoms with Gasteiger partial charge in [-0.25, -0.2) is 0 Å². The third kappa shape index (κ3) is 4.64. The largest absolute Gasteiger partial charge is 0.384 e. The maximum Gasteiger partial charge on any atom is 0.228 e. The van der Waals surface area contributed by atoms with Crippen molar-refractivity contribution in [1.82, 2.24) is 0 Å². The van der Waals surface area contributed by atoms with Crippen LogP contribution < -0.4 is 5.32 Å². The van der Waals surface area contributed by atoms with E-state index in [1.54, 1.807) is 24.3 Å². The minimum Gasteiger partial charge on any atom is -0.384 e. The normalized spacial score (nSPS) is 9.62. The van der Waals surface area contributed by atoms with Gasteiger partial charge in [-0.3, -0.25) is 4.79 Å². The number of benzene rings is 2. The molecule has 21 heavy (non-hydrogen) atoms. The van der Waals surface area contributed by atoms with Crippen molar-refractivity contribution in [2.75, 3.05) is 11.9 Å². The Balaban J connectivity index is 2.04. The molecule has 0 atom stereocenters. The standard InChI is InChI=1S/C17H14ClNO2/c18-16-9-2-1-7-14(16)12-17(21)19-15-8-3-5-13(11-15)6-4-10-20/h1-3,5,7-9,11,20H,10,12H2,(H,19,21). The first-order chi connectivity index (χ1) is 10.2. The molecule has 0 spiro atoms. The second-order valence-corrected chi connectivity index (χ2v) is 4.76. The van der Waals surface area contributed by atoms with Crippen molar-refractivity contribution in [2.24, 2.45) is 0 Å². The number of hydrogen-bond acceptors (Lipinski definition) is 2. The highest BCUT2D eigenvalue weighted by Gasteiger charge is 2.07. The van der Waals surface area contributed by atoms with E-state index >= 15 is 0 Å². The molecule has 0 unspecified atom stereocenters. The van der Waals surface area contributed by atoms with Crippen molar-refractivity contribution in [3.63, 3.8) is 0 Å². The number of aliphatic hydroxyl groups is 1. The number of aliphatic hydroxyl groups excluding tert-OH is 1. The molecule has 0 saturated heterocycles. The molecule has 2 rings (SSSR count). The summed E-state index contributed by atoms with van der Waals surface area (Å²) in [5, 5.41) is 12.1. The summed E-state index contributed by atoms with van der Waals surface area (Å²) in [5.74, 6) is 5.22. The zero-order valence-electron chi connectivity index (χ0n) is 11.3. The van der Waals surface area contributed by atoms with Crippen LogP contribution in [0.3, 0.4) is 0 Å². The predicted molar refractivity (Wildman–Crippen MR) is 84.2 cm³/mol. The Bertz CT molecular complexity index is 701. The maximum absolute atomic E-state index is 12.0. The Kier molecular flexibility index (Phi) is 5.39. The van der Waals surface area contributed by atoms with Crippen molar-refractivity contribution in [3.8, 4) is 11.8 Å². The Morgan fingerprint density at radius 2 is 2.00 bits per heavy atom. The third-order valence-corrected chi connectivity index (χ3v) is 3.14. The number of carbonyl (C=O) groups excluding carboxylic acids is 1. The van der Waals surface area contributed by atoms with Gasteiger partial charge < -0.3 is 10.4 Å². The lowest BCUT2D eigenvalue weighted by atomic mass is 10.1. The molecule has 3 nitrogen and oxygen atoms in total. The first kappa shape index (κ1) is 15.1. The van der Waals surface area contributed by atoms with E-state index in [9.17, 15) is 4.79 Å². The SMILES string of the molecule is O=C(Cc1ccccc1Cl)Nc1cccc(C#CCO)c1. The van der Waals surface area contributed by atoms with E-state index in [2.05, 4.69) is 17.2 Å². The smallest absolute Gasteiger partial charge is 0.228 e. The van der Waals surface area contributed by atoms with Gasteiger partial charge in [-0.1, -0.05) is 47.7 Å². The predicted octanol–water partition coefficient (Wildman–Crippen LogP) is 2.87. The van der Waals surface area contributed by atoms with Crippen molar-refractivity contribution in [2.45, 2.75) is 6.42 Å². The number of amides is 1. The summed E-state index contributed by atoms with van der Waals surface area (Å²) in [6.07, 6.45) is 0.215. The van der Waals surface area contributed by atoms with Gasteiger partial charge >= 0.3 is 0 Å². The molecular formula is C17H14ClNO2. The summed E-state index contributed by atoms with van der Waals surface area (Å²) in [4.78, 5) is 12.0. The molecule has 0 fully saturated rings. The Morgan fingerprint density at radius 3 is 2.76 bits per heavy atom. The number of anilines is 1. The van der Waals surface area contributed by atoms with Crippen LogP contribution in [0.5, 0.6) is 0 Å². The van der Waals surface area contributed by atoms with Crippen LogP contribution in [0.2, 0.25) is 5.02 Å². The first-order valence-corrected chi connectivity index (χ1v) is 6.80. The van der Waals surface area contributed by atoms with Crippen molar-refractivity contribution in [1.29, 1.82) is 0 Å². The summed E-state index contributed by atoms with van der Waals surface area (Å²) < 4.78 is 0. The van der Waals surface area contributed by atoms with Crippen LogP contribution in [0.15, 0.2) is 48.5 Å². The monoisotopic (exact) mass is 299 g/mol. The van der Waals surface area contributed by atoms with Gasteiger partial charge in [0.2, 0.25) is 5.91 Å². The molecule has 0 aliphatic carbocycles. The summed E-state index contributed by atoms with van der Waals surface area (Å²) in [5.41, 5.74) is 2.18. The molecule has 4 heteroatoms. The average molecular weight is 300 g/mol. The number of rotatable bonds is 3. The van der Waals surface area contributed by atoms with E-state index < -0.39 is 0 Å². The molecule has 1 amide bonds. The molecule has 0 aromatic heterocycles. The number of hydrogen-bond donors (Lipinski definition) is 2. The lowest BCUT2D eigenvalue weighted by Crippen LogP contribution is -2.14. The number of nitrogens with one attached hydrogen (secondary N) is 1. The molecule has 0 radical (unpaired) electrons. The van der Waals surface area contributed by atoms with E-state index in [0.29, 0.717) is 10.7 Å². The van der Waals surface area contributed by atoms with Crippen molar-refractivity contribution >= 4 is 23.2 Å². The zero-order chi connectivity index (χ0) is 15.1. The summed E-state index contributed by atoms with van der Waals surface area (Å²) in [7, 11) is 0. The quantitative estimate of drug-likeness (QED) is 0.856. The molecule has 0 bridgehead atoms. The van der Waals surface area contributed by atoms with Gasteiger partial charge in [-0.2, -0.15) is 0 Å². The van der Waals surface area contributed by atoms with Crippen LogP contribution in [-0.2, 0) is 11.2 Å². The van der Waals surface area contributed by atoms with Gasteiger partial charge in [0, 0.05) is 16.3 Å². The van der Waals surface area contributed by atoms with Gasteiger partial charge in [0.25, 0.3) is 0 Å². The van der Waals surface area contributed by atoms with Crippen LogP contribution in [-0.4, -0.2) is 17.6 Å². The molecular weight excluding hydrogens is 286 g/mol. The van der Waals surface area contributed by atoms with Crippen molar-refractivity contribution in [3.05, 3.63) is 64.7 Å². The van der Waals surface area contributed by atoms with E-state index in [1.807, 2.05) is 24.3 Å². The van der Waals surface area contributed by atoms with E-state index in [4.69, 9.17) is 16.7 Å². The second kappa shape index (κ2) is 7.49. The van der Waals surface area contributed by atoms with Crippen LogP contribution in [0.4, 0.5) is 5.69 Å². The van der Waals surface area contributed by atoms with Gasteiger partial charge in [-0.05, 0) is 29.8 Å². The number of carbonyl (C=O) groups is 1. The van der Waals surface area contributed by atoms with Gasteiger partial charge in [0.05, 0.1) is 6.42 Å². The fourth-order valence-electron chi connectivity index (χ4n) is 1.84. The van der Waals surface area contributed by atoms with Crippen LogP contribution in [0.1, 0.15) is 11.1 Å². The molecule has 0 saturated carbocycles. The second-order valence-electron chi connectivity index (χ2n) is 4.36. The summed E-state index contributed by atoms with van der Waals surface area (Å²) in [6, 6.07) is 14.4. The van der Waals surface area contributed by atoms with E-state index in [-0.39, 0.29) is 18.9 Å². The fourth-order valence-corrected chi connectivity index (χ4v) is 2.04. The summed E-state index contributed by atoms with van der Waals surface area (Å²) in [6.45, 7) is -0.191. The highest BCUT2D eigenvalue weighted by atomic mass is 35.5. The Morgan fingerprint density at radius 1 is 1.19 bits per heavy atom. The third-order valence-electron chi connectivity index (χ3n) is 2.77. The van der Waals surface area contributed by atoms with Gasteiger partial charge in [0.15, 0.2) is 0 Å². The Hall–Kier alpha value is -2.28. The maximum atomic E-state index is 12.0. The Labute approximate surface area is 128 Å². The van der Waals surface area contributed by atoms with Crippen LogP contribution in [0.25, 0.3) is 0 Å². The zero-order valence-corrected chi connectivity index (χ0v) is 12.0. The fraction of sp³-hybridized carbons (Fsp3) is 0.118. The van der Waals surface area contributed by atoms with E-state index in [1.165, 1.54) is 0 Å². The van der Waals surface area contributed by atoms with E-state index in [0.717, 1.165) is 11.1 Å². The topological polar surface area (TPSA) is 49.3 Å². The minimum atomic E-state index is -0.191.